The molecule has 17 heavy (non-hydrogen) atoms. The molecule has 2 aliphatic rings. The van der Waals surface area contributed by atoms with Gasteiger partial charge in [-0.3, -0.25) is 0 Å². The molecule has 1 heteroatoms. The molecule has 1 heterocycles. The van der Waals surface area contributed by atoms with E-state index >= 15 is 0 Å². The summed E-state index contributed by atoms with van der Waals surface area (Å²) in [4.78, 5) is 2.30. The molecule has 0 radical (unpaired) electrons. The number of hydrogen-bond donors (Lipinski definition) is 0. The van der Waals surface area contributed by atoms with Crippen LogP contribution in [0.1, 0.15) is 31.4 Å². The van der Waals surface area contributed by atoms with Crippen molar-refractivity contribution in [1.82, 2.24) is 4.90 Å². The molecule has 1 aliphatic carbocycles. The summed E-state index contributed by atoms with van der Waals surface area (Å²) in [5, 5.41) is 0. The highest BCUT2D eigenvalue weighted by Gasteiger charge is 2.38. The third-order valence-corrected chi connectivity index (χ3v) is 4.03. The van der Waals surface area contributed by atoms with E-state index in [2.05, 4.69) is 62.3 Å². The molecule has 1 aromatic carbocycles. The minimum atomic E-state index is 0.160. The first-order valence-corrected chi connectivity index (χ1v) is 6.33. The van der Waals surface area contributed by atoms with Gasteiger partial charge in [0.15, 0.2) is 0 Å². The smallest absolute Gasteiger partial charge is 0.0204 e. The van der Waals surface area contributed by atoms with E-state index in [9.17, 15) is 0 Å². The van der Waals surface area contributed by atoms with E-state index in [1.54, 1.807) is 0 Å². The molecular weight excluding hydrogens is 206 g/mol. The predicted octanol–water partition coefficient (Wildman–Crippen LogP) is 3.58. The standard InChI is InChI=1S/C16H19N/c1-16(2)14-8-5-4-7-12(14)13-11-17(3)10-6-9-15(13)16/h4-5,7-9,11H,6,10H2,1-3H3. The highest BCUT2D eigenvalue weighted by molar-refractivity contribution is 5.89. The average molecular weight is 225 g/mol. The Kier molecular flexibility index (Phi) is 2.19. The zero-order valence-corrected chi connectivity index (χ0v) is 10.8. The van der Waals surface area contributed by atoms with E-state index in [1.807, 2.05) is 0 Å². The van der Waals surface area contributed by atoms with Gasteiger partial charge in [-0.25, -0.2) is 0 Å². The van der Waals surface area contributed by atoms with Crippen molar-refractivity contribution in [2.24, 2.45) is 0 Å². The quantitative estimate of drug-likeness (QED) is 0.652. The zero-order valence-electron chi connectivity index (χ0n) is 10.8. The van der Waals surface area contributed by atoms with Gasteiger partial charge in [0.25, 0.3) is 0 Å². The summed E-state index contributed by atoms with van der Waals surface area (Å²) in [6.07, 6.45) is 5.88. The Morgan fingerprint density at radius 3 is 2.76 bits per heavy atom. The normalized spacial score (nSPS) is 21.2. The lowest BCUT2D eigenvalue weighted by Gasteiger charge is -2.21. The van der Waals surface area contributed by atoms with Crippen LogP contribution in [0.15, 0.2) is 42.1 Å². The van der Waals surface area contributed by atoms with Gasteiger partial charge < -0.3 is 4.90 Å². The first-order valence-electron chi connectivity index (χ1n) is 6.33. The minimum Gasteiger partial charge on any atom is -0.380 e. The van der Waals surface area contributed by atoms with Crippen LogP contribution in [0.25, 0.3) is 5.57 Å². The zero-order chi connectivity index (χ0) is 12.0. The van der Waals surface area contributed by atoms with Crippen LogP contribution in [0.2, 0.25) is 0 Å². The third-order valence-electron chi connectivity index (χ3n) is 4.03. The lowest BCUT2D eigenvalue weighted by Crippen LogP contribution is -2.14. The number of nitrogens with zero attached hydrogens (tertiary/aromatic N) is 1. The van der Waals surface area contributed by atoms with E-state index in [0.29, 0.717) is 0 Å². The molecule has 0 amide bonds. The van der Waals surface area contributed by atoms with Crippen molar-refractivity contribution >= 4 is 5.57 Å². The molecule has 1 nitrogen and oxygen atoms in total. The van der Waals surface area contributed by atoms with Crippen LogP contribution in [-0.2, 0) is 5.41 Å². The third kappa shape index (κ3) is 1.45. The van der Waals surface area contributed by atoms with Crippen molar-refractivity contribution in [3.05, 3.63) is 53.2 Å². The van der Waals surface area contributed by atoms with Crippen LogP contribution < -0.4 is 0 Å². The number of benzene rings is 1. The van der Waals surface area contributed by atoms with Crippen LogP contribution in [0, 0.1) is 0 Å². The fourth-order valence-electron chi connectivity index (χ4n) is 3.09. The SMILES string of the molecule is CN1C=C2C(=CCC1)C(C)(C)c1ccccc12. The van der Waals surface area contributed by atoms with Gasteiger partial charge in [-0.2, -0.15) is 0 Å². The summed E-state index contributed by atoms with van der Waals surface area (Å²) < 4.78 is 0. The van der Waals surface area contributed by atoms with Gasteiger partial charge in [0.1, 0.15) is 0 Å². The van der Waals surface area contributed by atoms with Gasteiger partial charge in [-0.05, 0) is 23.1 Å². The average Bonchev–Trinajstić information content (AvgIpc) is 2.45. The monoisotopic (exact) mass is 225 g/mol. The molecule has 0 N–H and O–H groups in total. The lowest BCUT2D eigenvalue weighted by atomic mass is 9.82. The maximum Gasteiger partial charge on any atom is 0.0204 e. The highest BCUT2D eigenvalue weighted by Crippen LogP contribution is 2.50. The molecule has 0 atom stereocenters. The fraction of sp³-hybridized carbons (Fsp3) is 0.375. The largest absolute Gasteiger partial charge is 0.380 e. The summed E-state index contributed by atoms with van der Waals surface area (Å²) in [6.45, 7) is 5.79. The van der Waals surface area contributed by atoms with Crippen molar-refractivity contribution in [1.29, 1.82) is 0 Å². The Hall–Kier alpha value is -1.50. The Morgan fingerprint density at radius 1 is 1.18 bits per heavy atom. The van der Waals surface area contributed by atoms with Gasteiger partial charge >= 0.3 is 0 Å². The van der Waals surface area contributed by atoms with E-state index in [1.165, 1.54) is 22.3 Å². The van der Waals surface area contributed by atoms with E-state index in [0.717, 1.165) is 13.0 Å². The number of hydrogen-bond acceptors (Lipinski definition) is 1. The highest BCUT2D eigenvalue weighted by atomic mass is 15.1. The Bertz CT molecular complexity index is 520. The molecule has 88 valence electrons. The van der Waals surface area contributed by atoms with Crippen molar-refractivity contribution in [3.63, 3.8) is 0 Å². The van der Waals surface area contributed by atoms with Crippen molar-refractivity contribution in [2.75, 3.05) is 13.6 Å². The maximum absolute atomic E-state index is 2.43. The molecule has 1 aromatic rings. The second-order valence-corrected chi connectivity index (χ2v) is 5.60. The molecule has 0 spiro atoms. The number of rotatable bonds is 0. The summed E-state index contributed by atoms with van der Waals surface area (Å²) in [5.41, 5.74) is 5.96. The van der Waals surface area contributed by atoms with Gasteiger partial charge in [0.05, 0.1) is 0 Å². The van der Waals surface area contributed by atoms with Gasteiger partial charge in [0, 0.05) is 30.8 Å². The van der Waals surface area contributed by atoms with Crippen LogP contribution >= 0.6 is 0 Å². The number of fused-ring (bicyclic) bond motifs is 3. The first-order chi connectivity index (χ1) is 8.10. The summed E-state index contributed by atoms with van der Waals surface area (Å²) >= 11 is 0. The molecule has 3 rings (SSSR count). The van der Waals surface area contributed by atoms with Crippen LogP contribution in [-0.4, -0.2) is 18.5 Å². The molecule has 0 aromatic heterocycles. The fourth-order valence-corrected chi connectivity index (χ4v) is 3.09. The van der Waals surface area contributed by atoms with E-state index in [-0.39, 0.29) is 5.41 Å². The number of allylic oxidation sites excluding steroid dienone is 2. The Morgan fingerprint density at radius 2 is 1.94 bits per heavy atom. The predicted molar refractivity (Wildman–Crippen MR) is 72.8 cm³/mol. The summed E-state index contributed by atoms with van der Waals surface area (Å²) in [7, 11) is 2.16. The molecule has 0 unspecified atom stereocenters. The molecule has 0 saturated heterocycles. The maximum atomic E-state index is 2.43. The lowest BCUT2D eigenvalue weighted by molar-refractivity contribution is 0.469. The molecule has 0 fully saturated rings. The summed E-state index contributed by atoms with van der Waals surface area (Å²) in [5.74, 6) is 0. The minimum absolute atomic E-state index is 0.160. The van der Waals surface area contributed by atoms with Crippen molar-refractivity contribution in [3.8, 4) is 0 Å². The van der Waals surface area contributed by atoms with Gasteiger partial charge in [0.2, 0.25) is 0 Å². The van der Waals surface area contributed by atoms with Crippen molar-refractivity contribution in [2.45, 2.75) is 25.7 Å². The first kappa shape index (κ1) is 10.6. The Balaban J connectivity index is 2.28. The molecule has 1 aliphatic heterocycles. The van der Waals surface area contributed by atoms with Crippen LogP contribution in [0.3, 0.4) is 0 Å². The van der Waals surface area contributed by atoms with Crippen molar-refractivity contribution < 1.29 is 0 Å². The summed E-state index contributed by atoms with van der Waals surface area (Å²) in [6, 6.07) is 8.81. The van der Waals surface area contributed by atoms with Gasteiger partial charge in [-0.15, -0.1) is 0 Å². The van der Waals surface area contributed by atoms with E-state index < -0.39 is 0 Å². The van der Waals surface area contributed by atoms with E-state index in [4.69, 9.17) is 0 Å². The van der Waals surface area contributed by atoms with Gasteiger partial charge in [-0.1, -0.05) is 44.2 Å². The van der Waals surface area contributed by atoms with Crippen LogP contribution in [0.5, 0.6) is 0 Å². The molecule has 0 saturated carbocycles. The Labute approximate surface area is 103 Å². The van der Waals surface area contributed by atoms with Crippen LogP contribution in [0.4, 0.5) is 0 Å². The molecular formula is C16H19N. The second-order valence-electron chi connectivity index (χ2n) is 5.60. The second kappa shape index (κ2) is 3.49. The topological polar surface area (TPSA) is 3.24 Å². The molecule has 0 bridgehead atoms.